The molecule has 5 nitrogen and oxygen atoms in total. The number of rotatable bonds is 7. The van der Waals surface area contributed by atoms with Gasteiger partial charge in [0, 0.05) is 23.5 Å². The molecule has 1 atom stereocenters. The molecule has 0 saturated heterocycles. The summed E-state index contributed by atoms with van der Waals surface area (Å²) in [5.41, 5.74) is 2.76. The number of carboxylic acids is 1. The maximum Gasteiger partial charge on any atom is 0.305 e. The van der Waals surface area contributed by atoms with Crippen LogP contribution >= 0.6 is 0 Å². The van der Waals surface area contributed by atoms with Crippen LogP contribution in [0.4, 0.5) is 0 Å². The quantitative estimate of drug-likeness (QED) is 0.811. The van der Waals surface area contributed by atoms with Gasteiger partial charge in [0.2, 0.25) is 0 Å². The minimum absolute atomic E-state index is 0.0268. The van der Waals surface area contributed by atoms with Gasteiger partial charge in [-0.05, 0) is 39.2 Å². The highest BCUT2D eigenvalue weighted by atomic mass is 16.4. The zero-order valence-corrected chi connectivity index (χ0v) is 13.0. The van der Waals surface area contributed by atoms with Crippen molar-refractivity contribution >= 4 is 11.9 Å². The molecule has 0 bridgehead atoms. The second kappa shape index (κ2) is 6.33. The van der Waals surface area contributed by atoms with Gasteiger partial charge in [-0.25, -0.2) is 0 Å². The topological polar surface area (TPSA) is 71.3 Å². The summed E-state index contributed by atoms with van der Waals surface area (Å²) in [7, 11) is 0. The van der Waals surface area contributed by atoms with Gasteiger partial charge in [-0.3, -0.25) is 9.59 Å². The van der Waals surface area contributed by atoms with Crippen LogP contribution in [-0.4, -0.2) is 27.6 Å². The van der Waals surface area contributed by atoms with Crippen molar-refractivity contribution in [3.63, 3.8) is 0 Å². The van der Waals surface area contributed by atoms with Crippen molar-refractivity contribution < 1.29 is 14.7 Å². The van der Waals surface area contributed by atoms with E-state index in [2.05, 4.69) is 9.88 Å². The fourth-order valence-corrected chi connectivity index (χ4v) is 2.95. The molecule has 2 N–H and O–H groups in total. The van der Waals surface area contributed by atoms with E-state index in [1.807, 2.05) is 26.8 Å². The third-order valence-electron chi connectivity index (χ3n) is 4.03. The van der Waals surface area contributed by atoms with Crippen LogP contribution in [0.1, 0.15) is 66.8 Å². The molecule has 0 spiro atoms. The van der Waals surface area contributed by atoms with Gasteiger partial charge in [-0.1, -0.05) is 13.3 Å². The van der Waals surface area contributed by atoms with Crippen molar-refractivity contribution in [2.75, 3.05) is 0 Å². The SMILES string of the molecule is CCCC(CC(=O)O)NC(=O)c1cc(C)n(C2CC2)c1C. The molecule has 0 radical (unpaired) electrons. The molecule has 1 fully saturated rings. The third-order valence-corrected chi connectivity index (χ3v) is 4.03. The van der Waals surface area contributed by atoms with Crippen molar-refractivity contribution in [2.24, 2.45) is 0 Å². The number of carbonyl (C=O) groups is 2. The van der Waals surface area contributed by atoms with E-state index in [-0.39, 0.29) is 18.4 Å². The Bertz CT molecular complexity index is 544. The maximum absolute atomic E-state index is 12.4. The standard InChI is InChI=1S/C16H24N2O3/c1-4-5-12(9-15(19)20)17-16(21)14-8-10(2)18(11(14)3)13-6-7-13/h8,12-13H,4-7,9H2,1-3H3,(H,17,21)(H,19,20). The summed E-state index contributed by atoms with van der Waals surface area (Å²) in [6, 6.07) is 2.15. The van der Waals surface area contributed by atoms with Crippen LogP contribution in [0.5, 0.6) is 0 Å². The number of nitrogens with one attached hydrogen (secondary N) is 1. The summed E-state index contributed by atoms with van der Waals surface area (Å²) in [6.45, 7) is 5.97. The highest BCUT2D eigenvalue weighted by molar-refractivity contribution is 5.96. The summed E-state index contributed by atoms with van der Waals surface area (Å²) in [6.07, 6.45) is 3.85. The first-order valence-corrected chi connectivity index (χ1v) is 7.65. The molecule has 1 saturated carbocycles. The lowest BCUT2D eigenvalue weighted by Crippen LogP contribution is -2.36. The van der Waals surface area contributed by atoms with Gasteiger partial charge in [0.05, 0.1) is 12.0 Å². The number of aliphatic carboxylic acids is 1. The number of hydrogen-bond donors (Lipinski definition) is 2. The Balaban J connectivity index is 2.11. The minimum atomic E-state index is -0.878. The second-order valence-corrected chi connectivity index (χ2v) is 5.94. The van der Waals surface area contributed by atoms with Crippen LogP contribution < -0.4 is 5.32 Å². The van der Waals surface area contributed by atoms with Crippen molar-refractivity contribution in [1.82, 2.24) is 9.88 Å². The predicted molar refractivity (Wildman–Crippen MR) is 80.6 cm³/mol. The number of aromatic nitrogens is 1. The van der Waals surface area contributed by atoms with Crippen LogP contribution in [-0.2, 0) is 4.79 Å². The average Bonchev–Trinajstić information content (AvgIpc) is 3.15. The van der Waals surface area contributed by atoms with E-state index in [1.165, 1.54) is 12.8 Å². The molecule has 1 aromatic rings. The number of carboxylic acid groups (broad SMARTS) is 1. The Morgan fingerprint density at radius 2 is 2.10 bits per heavy atom. The molecular formula is C16H24N2O3. The van der Waals surface area contributed by atoms with E-state index >= 15 is 0 Å². The van der Waals surface area contributed by atoms with Crippen LogP contribution in [0, 0.1) is 13.8 Å². The lowest BCUT2D eigenvalue weighted by Gasteiger charge is -2.16. The average molecular weight is 292 g/mol. The third kappa shape index (κ3) is 3.65. The highest BCUT2D eigenvalue weighted by Crippen LogP contribution is 2.38. The summed E-state index contributed by atoms with van der Waals surface area (Å²) in [5.74, 6) is -1.04. The van der Waals surface area contributed by atoms with Crippen LogP contribution in [0.3, 0.4) is 0 Å². The van der Waals surface area contributed by atoms with E-state index in [9.17, 15) is 9.59 Å². The van der Waals surface area contributed by atoms with Crippen molar-refractivity contribution in [1.29, 1.82) is 0 Å². The van der Waals surface area contributed by atoms with Gasteiger partial charge in [0.15, 0.2) is 0 Å². The fourth-order valence-electron chi connectivity index (χ4n) is 2.95. The Morgan fingerprint density at radius 3 is 2.62 bits per heavy atom. The van der Waals surface area contributed by atoms with Crippen molar-refractivity contribution in [2.45, 2.75) is 65.0 Å². The molecule has 1 aliphatic rings. The maximum atomic E-state index is 12.4. The molecule has 1 aromatic heterocycles. The molecule has 1 amide bonds. The Kier molecular flexibility index (Phi) is 4.70. The molecule has 21 heavy (non-hydrogen) atoms. The zero-order valence-electron chi connectivity index (χ0n) is 13.0. The molecule has 1 heterocycles. The number of carbonyl (C=O) groups excluding carboxylic acids is 1. The Morgan fingerprint density at radius 1 is 1.43 bits per heavy atom. The van der Waals surface area contributed by atoms with Gasteiger partial charge >= 0.3 is 5.97 Å². The lowest BCUT2D eigenvalue weighted by molar-refractivity contribution is -0.137. The van der Waals surface area contributed by atoms with Crippen LogP contribution in [0.25, 0.3) is 0 Å². The van der Waals surface area contributed by atoms with E-state index in [4.69, 9.17) is 5.11 Å². The second-order valence-electron chi connectivity index (χ2n) is 5.94. The molecular weight excluding hydrogens is 268 g/mol. The predicted octanol–water partition coefficient (Wildman–Crippen LogP) is 2.81. The molecule has 116 valence electrons. The summed E-state index contributed by atoms with van der Waals surface area (Å²) in [4.78, 5) is 23.3. The Hall–Kier alpha value is -1.78. The largest absolute Gasteiger partial charge is 0.481 e. The highest BCUT2D eigenvalue weighted by Gasteiger charge is 2.28. The van der Waals surface area contributed by atoms with E-state index in [0.717, 1.165) is 17.8 Å². The van der Waals surface area contributed by atoms with Crippen molar-refractivity contribution in [3.05, 3.63) is 23.0 Å². The number of amides is 1. The van der Waals surface area contributed by atoms with E-state index in [1.54, 1.807) is 0 Å². The first kappa shape index (κ1) is 15.6. The lowest BCUT2D eigenvalue weighted by atomic mass is 10.1. The Labute approximate surface area is 125 Å². The molecule has 1 aliphatic carbocycles. The minimum Gasteiger partial charge on any atom is -0.481 e. The number of nitrogens with zero attached hydrogens (tertiary/aromatic N) is 1. The molecule has 1 unspecified atom stereocenters. The van der Waals surface area contributed by atoms with Gasteiger partial charge in [0.1, 0.15) is 0 Å². The molecule has 0 aromatic carbocycles. The fraction of sp³-hybridized carbons (Fsp3) is 0.625. The normalized spacial score (nSPS) is 15.8. The van der Waals surface area contributed by atoms with Gasteiger partial charge in [-0.15, -0.1) is 0 Å². The van der Waals surface area contributed by atoms with E-state index in [0.29, 0.717) is 18.0 Å². The first-order valence-electron chi connectivity index (χ1n) is 7.65. The van der Waals surface area contributed by atoms with Gasteiger partial charge in [0.25, 0.3) is 5.91 Å². The molecule has 0 aliphatic heterocycles. The molecule has 5 heteroatoms. The monoisotopic (exact) mass is 292 g/mol. The number of aryl methyl sites for hydroxylation is 1. The number of hydrogen-bond acceptors (Lipinski definition) is 2. The summed E-state index contributed by atoms with van der Waals surface area (Å²) >= 11 is 0. The first-order chi connectivity index (χ1) is 9.93. The summed E-state index contributed by atoms with van der Waals surface area (Å²) in [5, 5.41) is 11.8. The summed E-state index contributed by atoms with van der Waals surface area (Å²) < 4.78 is 2.22. The van der Waals surface area contributed by atoms with Crippen molar-refractivity contribution in [3.8, 4) is 0 Å². The van der Waals surface area contributed by atoms with Gasteiger partial charge in [-0.2, -0.15) is 0 Å². The zero-order chi connectivity index (χ0) is 15.6. The van der Waals surface area contributed by atoms with E-state index < -0.39 is 5.97 Å². The smallest absolute Gasteiger partial charge is 0.305 e. The van der Waals surface area contributed by atoms with Crippen LogP contribution in [0.2, 0.25) is 0 Å². The molecule has 2 rings (SSSR count). The van der Waals surface area contributed by atoms with Crippen LogP contribution in [0.15, 0.2) is 6.07 Å². The van der Waals surface area contributed by atoms with Gasteiger partial charge < -0.3 is 15.0 Å².